The molecule has 0 aliphatic carbocycles. The molecule has 0 unspecified atom stereocenters. The minimum Gasteiger partial charge on any atom is -0.478 e. The van der Waals surface area contributed by atoms with Gasteiger partial charge in [0.15, 0.2) is 0 Å². The highest BCUT2D eigenvalue weighted by atomic mass is 16.5. The highest BCUT2D eigenvalue weighted by Crippen LogP contribution is 2.18. The molecule has 6 heteroatoms. The van der Waals surface area contributed by atoms with E-state index in [0.717, 1.165) is 5.69 Å². The van der Waals surface area contributed by atoms with E-state index in [1.165, 1.54) is 12.1 Å². The highest BCUT2D eigenvalue weighted by Gasteiger charge is 2.07. The Morgan fingerprint density at radius 1 is 1.29 bits per heavy atom. The number of ether oxygens (including phenoxy) is 1. The largest absolute Gasteiger partial charge is 0.478 e. The van der Waals surface area contributed by atoms with E-state index in [9.17, 15) is 4.79 Å². The van der Waals surface area contributed by atoms with E-state index in [1.54, 1.807) is 18.2 Å². The van der Waals surface area contributed by atoms with Gasteiger partial charge in [0.1, 0.15) is 0 Å². The van der Waals surface area contributed by atoms with E-state index in [4.69, 9.17) is 9.84 Å². The third kappa shape index (κ3) is 4.17. The van der Waals surface area contributed by atoms with Crippen LogP contribution in [0.3, 0.4) is 0 Å². The molecule has 21 heavy (non-hydrogen) atoms. The van der Waals surface area contributed by atoms with Gasteiger partial charge in [-0.25, -0.2) is 9.78 Å². The molecule has 0 atom stereocenters. The van der Waals surface area contributed by atoms with Crippen LogP contribution in [-0.2, 0) is 0 Å². The van der Waals surface area contributed by atoms with Crippen molar-refractivity contribution in [3.63, 3.8) is 0 Å². The lowest BCUT2D eigenvalue weighted by molar-refractivity contribution is 0.0697. The number of carboxylic acid groups (broad SMARTS) is 1. The molecule has 0 bridgehead atoms. The van der Waals surface area contributed by atoms with Crippen LogP contribution in [0.25, 0.3) is 0 Å². The molecule has 2 aromatic rings. The quantitative estimate of drug-likeness (QED) is 0.879. The molecule has 6 nitrogen and oxygen atoms in total. The average Bonchev–Trinajstić information content (AvgIpc) is 2.37. The van der Waals surface area contributed by atoms with E-state index in [-0.39, 0.29) is 11.7 Å². The van der Waals surface area contributed by atoms with Crippen LogP contribution in [0.1, 0.15) is 29.9 Å². The van der Waals surface area contributed by atoms with Gasteiger partial charge in [-0.1, -0.05) is 6.07 Å². The van der Waals surface area contributed by atoms with Crippen molar-refractivity contribution in [2.45, 2.75) is 26.9 Å². The molecule has 0 saturated carbocycles. The highest BCUT2D eigenvalue weighted by molar-refractivity contribution is 5.88. The molecular formula is C15H17N3O3. The van der Waals surface area contributed by atoms with E-state index in [0.29, 0.717) is 17.5 Å². The maximum atomic E-state index is 11.0. The number of carbonyl (C=O) groups is 1. The van der Waals surface area contributed by atoms with Gasteiger partial charge >= 0.3 is 5.97 Å². The Labute approximate surface area is 122 Å². The summed E-state index contributed by atoms with van der Waals surface area (Å²) in [5.74, 6) is -0.129. The van der Waals surface area contributed by atoms with E-state index in [2.05, 4.69) is 15.3 Å². The summed E-state index contributed by atoms with van der Waals surface area (Å²) in [6, 6.07) is 8.21. The second kappa shape index (κ2) is 6.21. The summed E-state index contributed by atoms with van der Waals surface area (Å²) in [4.78, 5) is 19.5. The Morgan fingerprint density at radius 3 is 2.71 bits per heavy atom. The molecule has 110 valence electrons. The van der Waals surface area contributed by atoms with Crippen LogP contribution in [0.15, 0.2) is 30.3 Å². The van der Waals surface area contributed by atoms with Crippen molar-refractivity contribution in [1.29, 1.82) is 0 Å². The normalized spacial score (nSPS) is 10.5. The lowest BCUT2D eigenvalue weighted by atomic mass is 10.2. The third-order valence-corrected chi connectivity index (χ3v) is 2.55. The van der Waals surface area contributed by atoms with Gasteiger partial charge in [0.2, 0.25) is 11.8 Å². The zero-order chi connectivity index (χ0) is 15.4. The molecule has 0 aliphatic rings. The number of nitrogens with one attached hydrogen (secondary N) is 1. The minimum atomic E-state index is -0.979. The molecular weight excluding hydrogens is 270 g/mol. The fourth-order valence-electron chi connectivity index (χ4n) is 1.76. The van der Waals surface area contributed by atoms with Gasteiger partial charge in [-0.3, -0.25) is 0 Å². The molecule has 0 fully saturated rings. The number of aromatic carboxylic acids is 1. The van der Waals surface area contributed by atoms with Gasteiger partial charge in [0.05, 0.1) is 11.7 Å². The maximum Gasteiger partial charge on any atom is 0.335 e. The molecule has 2 N–H and O–H groups in total. The van der Waals surface area contributed by atoms with E-state index >= 15 is 0 Å². The number of hydrogen-bond donors (Lipinski definition) is 2. The standard InChI is InChI=1S/C15H17N3O3/c1-9(2)21-13-7-10(3)16-15(18-13)17-12-6-4-5-11(8-12)14(19)20/h4-9H,1-3H3,(H,19,20)(H,16,17,18). The number of benzene rings is 1. The Kier molecular flexibility index (Phi) is 4.37. The Balaban J connectivity index is 2.24. The van der Waals surface area contributed by atoms with Crippen molar-refractivity contribution in [3.8, 4) is 5.88 Å². The van der Waals surface area contributed by atoms with Crippen LogP contribution in [-0.4, -0.2) is 27.1 Å². The summed E-state index contributed by atoms with van der Waals surface area (Å²) in [5, 5.41) is 12.0. The van der Waals surface area contributed by atoms with Gasteiger partial charge in [-0.15, -0.1) is 0 Å². The number of aromatic nitrogens is 2. The second-order valence-electron chi connectivity index (χ2n) is 4.85. The van der Waals surface area contributed by atoms with Crippen LogP contribution >= 0.6 is 0 Å². The first-order valence-corrected chi connectivity index (χ1v) is 6.57. The summed E-state index contributed by atoms with van der Waals surface area (Å²) in [7, 11) is 0. The summed E-state index contributed by atoms with van der Waals surface area (Å²) in [6.07, 6.45) is 0.0162. The van der Waals surface area contributed by atoms with Gasteiger partial charge < -0.3 is 15.2 Å². The van der Waals surface area contributed by atoms with Crippen LogP contribution in [0.4, 0.5) is 11.6 Å². The van der Waals surface area contributed by atoms with Crippen molar-refractivity contribution in [1.82, 2.24) is 9.97 Å². The fourth-order valence-corrected chi connectivity index (χ4v) is 1.76. The van der Waals surface area contributed by atoms with Crippen molar-refractivity contribution in [3.05, 3.63) is 41.6 Å². The maximum absolute atomic E-state index is 11.0. The number of aryl methyl sites for hydroxylation is 1. The number of hydrogen-bond acceptors (Lipinski definition) is 5. The Morgan fingerprint density at radius 2 is 2.05 bits per heavy atom. The van der Waals surface area contributed by atoms with Crippen molar-refractivity contribution < 1.29 is 14.6 Å². The fraction of sp³-hybridized carbons (Fsp3) is 0.267. The molecule has 1 heterocycles. The zero-order valence-corrected chi connectivity index (χ0v) is 12.1. The molecule has 0 amide bonds. The number of carboxylic acids is 1. The van der Waals surface area contributed by atoms with Gasteiger partial charge in [-0.05, 0) is 39.0 Å². The molecule has 0 radical (unpaired) electrons. The second-order valence-corrected chi connectivity index (χ2v) is 4.85. The van der Waals surface area contributed by atoms with Crippen molar-refractivity contribution >= 4 is 17.6 Å². The van der Waals surface area contributed by atoms with Crippen molar-refractivity contribution in [2.75, 3.05) is 5.32 Å². The van der Waals surface area contributed by atoms with Crippen LogP contribution in [0, 0.1) is 6.92 Å². The van der Waals surface area contributed by atoms with Crippen LogP contribution < -0.4 is 10.1 Å². The summed E-state index contributed by atoms with van der Waals surface area (Å²) in [6.45, 7) is 5.68. The monoisotopic (exact) mass is 287 g/mol. The molecule has 0 aliphatic heterocycles. The summed E-state index contributed by atoms with van der Waals surface area (Å²) in [5.41, 5.74) is 1.57. The molecule has 1 aromatic heterocycles. The molecule has 0 saturated heterocycles. The SMILES string of the molecule is Cc1cc(OC(C)C)nc(Nc2cccc(C(=O)O)c2)n1. The lowest BCUT2D eigenvalue weighted by Crippen LogP contribution is -2.09. The Hall–Kier alpha value is -2.63. The first-order valence-electron chi connectivity index (χ1n) is 6.57. The first-order chi connectivity index (χ1) is 9.94. The summed E-state index contributed by atoms with van der Waals surface area (Å²) >= 11 is 0. The number of rotatable bonds is 5. The predicted octanol–water partition coefficient (Wildman–Crippen LogP) is 3.01. The minimum absolute atomic E-state index is 0.0162. The van der Waals surface area contributed by atoms with E-state index < -0.39 is 5.97 Å². The predicted molar refractivity (Wildman–Crippen MR) is 79.2 cm³/mol. The molecule has 0 spiro atoms. The van der Waals surface area contributed by atoms with Crippen LogP contribution in [0.2, 0.25) is 0 Å². The van der Waals surface area contributed by atoms with Gasteiger partial charge in [0.25, 0.3) is 0 Å². The molecule has 2 rings (SSSR count). The Bertz CT molecular complexity index is 656. The van der Waals surface area contributed by atoms with Crippen molar-refractivity contribution in [2.24, 2.45) is 0 Å². The topological polar surface area (TPSA) is 84.3 Å². The summed E-state index contributed by atoms with van der Waals surface area (Å²) < 4.78 is 5.55. The smallest absolute Gasteiger partial charge is 0.335 e. The number of nitrogens with zero attached hydrogens (tertiary/aromatic N) is 2. The third-order valence-electron chi connectivity index (χ3n) is 2.55. The van der Waals surface area contributed by atoms with Gasteiger partial charge in [-0.2, -0.15) is 4.98 Å². The number of anilines is 2. The average molecular weight is 287 g/mol. The first kappa shape index (κ1) is 14.8. The molecule has 1 aromatic carbocycles. The van der Waals surface area contributed by atoms with E-state index in [1.807, 2.05) is 20.8 Å². The van der Waals surface area contributed by atoms with Crippen LogP contribution in [0.5, 0.6) is 5.88 Å². The zero-order valence-electron chi connectivity index (χ0n) is 12.1. The lowest BCUT2D eigenvalue weighted by Gasteiger charge is -2.11. The van der Waals surface area contributed by atoms with Gasteiger partial charge in [0, 0.05) is 17.4 Å².